The predicted octanol–water partition coefficient (Wildman–Crippen LogP) is 13.4. The highest BCUT2D eigenvalue weighted by Gasteiger charge is 2.94. The molecule has 0 aliphatic carbocycles. The van der Waals surface area contributed by atoms with Gasteiger partial charge in [0.15, 0.2) is 0 Å². The Morgan fingerprint density at radius 2 is 0.467 bits per heavy atom. The molecule has 0 rings (SSSR count). The zero-order chi connectivity index (χ0) is 49.7. The van der Waals surface area contributed by atoms with E-state index in [9.17, 15) is 124 Å². The van der Waals surface area contributed by atoms with Crippen LogP contribution in [0.25, 0.3) is 0 Å². The van der Waals surface area contributed by atoms with Gasteiger partial charge in [0.2, 0.25) is 0 Å². The summed E-state index contributed by atoms with van der Waals surface area (Å²) in [6.07, 6.45) is -10.7. The van der Waals surface area contributed by atoms with E-state index in [2.05, 4.69) is 116 Å². The first-order valence-electron chi connectivity index (χ1n) is 12.5. The number of alkyl halides is 36. The maximum absolute atomic E-state index is 14.8. The molecule has 0 N–H and O–H groups in total. The average molecular weight is 1150 g/mol. The van der Waals surface area contributed by atoms with Gasteiger partial charge >= 0.3 is 57.7 Å². The summed E-state index contributed by atoms with van der Waals surface area (Å²) in [5.41, 5.74) is 0. The van der Waals surface area contributed by atoms with Crippen LogP contribution in [0.15, 0.2) is 0 Å². The molecule has 40 heteroatoms. The maximum Gasteiger partial charge on any atom is 0.431 e. The van der Waals surface area contributed by atoms with E-state index in [1.54, 1.807) is 0 Å². The van der Waals surface area contributed by atoms with Crippen molar-refractivity contribution in [3.8, 4) is 0 Å². The summed E-state index contributed by atoms with van der Waals surface area (Å²) < 4.78 is 368. The normalized spacial score (nSPS) is 24.4. The highest BCUT2D eigenvalue weighted by atomic mass is 35.5. The number of carbonyl (C=O) groups is 2. The zero-order valence-corrected chi connectivity index (χ0v) is 33.0. The lowest BCUT2D eigenvalue weighted by atomic mass is 9.92. The van der Waals surface area contributed by atoms with Crippen molar-refractivity contribution in [2.75, 3.05) is 0 Å². The van der Waals surface area contributed by atoms with Gasteiger partial charge in [-0.25, -0.2) is 80.8 Å². The Bertz CT molecular complexity index is 1500. The van der Waals surface area contributed by atoms with Gasteiger partial charge in [-0.3, -0.25) is 0 Å². The Morgan fingerprint density at radius 3 is 0.633 bits per heavy atom. The fourth-order valence-corrected chi connectivity index (χ4v) is 5.61. The molecule has 0 saturated heterocycles. The van der Waals surface area contributed by atoms with Crippen LogP contribution in [-0.4, -0.2) is 112 Å². The van der Waals surface area contributed by atoms with Crippen LogP contribution in [-0.2, 0) is 19.4 Å². The lowest BCUT2D eigenvalue weighted by Crippen LogP contribution is -2.74. The van der Waals surface area contributed by atoms with Gasteiger partial charge in [-0.2, -0.15) is 52.7 Å². The Morgan fingerprint density at radius 1 is 0.300 bits per heavy atom. The fourth-order valence-electron chi connectivity index (χ4n) is 3.10. The summed E-state index contributed by atoms with van der Waals surface area (Å²) in [6.45, 7) is 0. The van der Waals surface area contributed by atoms with E-state index in [4.69, 9.17) is 0 Å². The van der Waals surface area contributed by atoms with Gasteiger partial charge in [0.05, 0.1) is 0 Å². The van der Waals surface area contributed by atoms with E-state index in [1.807, 2.05) is 9.78 Å². The summed E-state index contributed by atoms with van der Waals surface area (Å²) in [6, 6.07) is 0. The van der Waals surface area contributed by atoms with Gasteiger partial charge in [0.25, 0.3) is 53.9 Å². The second-order valence-corrected chi connectivity index (χ2v) is 15.9. The third-order valence-corrected chi connectivity index (χ3v) is 12.6. The van der Waals surface area contributed by atoms with E-state index >= 15 is 0 Å². The predicted molar refractivity (Wildman–Crippen MR) is 151 cm³/mol. The van der Waals surface area contributed by atoms with Gasteiger partial charge in [0.1, 0.15) is 0 Å². The van der Waals surface area contributed by atoms with Gasteiger partial charge in [-0.15, -0.1) is 0 Å². The highest BCUT2D eigenvalue weighted by Crippen LogP contribution is 2.69. The molecule has 10 atom stereocenters. The third-order valence-electron chi connectivity index (χ3n) is 6.82. The molecular formula is C20H2Cl10F26O4. The Labute approximate surface area is 359 Å². The highest BCUT2D eigenvalue weighted by molar-refractivity contribution is 6.45. The Balaban J connectivity index is 7.02. The van der Waals surface area contributed by atoms with Gasteiger partial charge in [-0.1, -0.05) is 116 Å². The monoisotopic (exact) mass is 1150 g/mol. The molecule has 0 aliphatic rings. The molecule has 0 bridgehead atoms. The number of rotatable bonds is 18. The molecule has 60 heavy (non-hydrogen) atoms. The molecule has 0 amide bonds. The molecule has 0 saturated carbocycles. The third kappa shape index (κ3) is 7.85. The number of halogens is 36. The van der Waals surface area contributed by atoms with Crippen molar-refractivity contribution in [1.82, 2.24) is 0 Å². The topological polar surface area (TPSA) is 52.6 Å². The number of hydrogen-bond acceptors (Lipinski definition) is 4. The van der Waals surface area contributed by atoms with Crippen molar-refractivity contribution >= 4 is 128 Å². The van der Waals surface area contributed by atoms with Crippen molar-refractivity contribution in [3.63, 3.8) is 0 Å². The van der Waals surface area contributed by atoms with E-state index in [0.29, 0.717) is 0 Å². The molecule has 4 nitrogen and oxygen atoms in total. The summed E-state index contributed by atoms with van der Waals surface area (Å²) >= 11 is 41.0. The van der Waals surface area contributed by atoms with E-state index < -0.39 is 112 Å². The van der Waals surface area contributed by atoms with Crippen LogP contribution in [0, 0.1) is 0 Å². The zero-order valence-electron chi connectivity index (χ0n) is 25.4. The maximum atomic E-state index is 14.8. The Kier molecular flexibility index (Phi) is 16.4. The lowest BCUT2D eigenvalue weighted by molar-refractivity contribution is -0.363. The fraction of sp³-hybridized carbons (Fsp3) is 0.900. The molecule has 0 spiro atoms. The lowest BCUT2D eigenvalue weighted by Gasteiger charge is -2.47. The molecule has 0 aromatic heterocycles. The van der Waals surface area contributed by atoms with Crippen LogP contribution in [0.5, 0.6) is 0 Å². The van der Waals surface area contributed by atoms with Crippen LogP contribution in [0.3, 0.4) is 0 Å². The number of carbonyl (C=O) groups excluding carboxylic acids is 2. The largest absolute Gasteiger partial charge is 0.431 e. The van der Waals surface area contributed by atoms with Crippen LogP contribution >= 0.6 is 116 Å². The first-order chi connectivity index (χ1) is 25.4. The quantitative estimate of drug-likeness (QED) is 0.0594. The van der Waals surface area contributed by atoms with Gasteiger partial charge in [-0.05, 0) is 0 Å². The number of hydrogen-bond donors (Lipinski definition) is 0. The standard InChI is InChI=1S/C20H2Cl10F26O4/c21-5(35,1(31)32)9(23,41)11(25,43)13(27,45)15(29,47)19(53,54)17(49,50)7(37,38)3(57)59-60-4(58)8(39,40)18(51,52)20(55,56)16(30,48)14(28,46)12(26,44)10(24,42)6(22,36)2(33)34/h1-2H. The van der Waals surface area contributed by atoms with E-state index in [0.717, 1.165) is 0 Å². The van der Waals surface area contributed by atoms with Crippen LogP contribution in [0.1, 0.15) is 0 Å². The molecule has 0 aliphatic heterocycles. The molecule has 0 heterocycles. The van der Waals surface area contributed by atoms with Crippen molar-refractivity contribution in [1.29, 1.82) is 0 Å². The molecular weight excluding hydrogens is 1150 g/mol. The minimum Gasteiger partial charge on any atom is -0.240 e. The molecule has 10 unspecified atom stereocenters. The van der Waals surface area contributed by atoms with Gasteiger partial charge in [0, 0.05) is 0 Å². The Hall–Kier alpha value is 0.0200. The van der Waals surface area contributed by atoms with Crippen LogP contribution in [0.4, 0.5) is 114 Å². The summed E-state index contributed by atoms with van der Waals surface area (Å²) in [5.74, 6) is -60.2. The van der Waals surface area contributed by atoms with E-state index in [1.165, 1.54) is 0 Å². The first kappa shape index (κ1) is 60.0. The SMILES string of the molecule is O=C(OOC(=O)C(F)(F)C(F)(F)C(F)(F)C(F)(Cl)C(F)(Cl)C(F)(Cl)C(F)(Cl)C(F)(Cl)C(F)F)C(F)(F)C(F)(F)C(F)(F)C(F)(Cl)C(F)(Cl)C(F)(Cl)C(F)(Cl)C(F)(Cl)C(F)F. The minimum atomic E-state index is -8.52. The summed E-state index contributed by atoms with van der Waals surface area (Å²) in [7, 11) is 0. The molecule has 0 aromatic carbocycles. The molecule has 358 valence electrons. The van der Waals surface area contributed by atoms with E-state index in [-0.39, 0.29) is 0 Å². The average Bonchev–Trinajstić information content (AvgIpc) is 3.05. The summed E-state index contributed by atoms with van der Waals surface area (Å²) in [4.78, 5) is 26.8. The second kappa shape index (κ2) is 16.4. The van der Waals surface area contributed by atoms with Crippen LogP contribution in [0.2, 0.25) is 0 Å². The van der Waals surface area contributed by atoms with Crippen molar-refractivity contribution in [2.24, 2.45) is 0 Å². The smallest absolute Gasteiger partial charge is 0.240 e. The summed E-state index contributed by atoms with van der Waals surface area (Å²) in [5, 5.41) is -68.7. The van der Waals surface area contributed by atoms with Gasteiger partial charge < -0.3 is 0 Å². The second-order valence-electron chi connectivity index (χ2n) is 10.6. The molecule has 0 fully saturated rings. The minimum absolute atomic E-state index is 2.01. The van der Waals surface area contributed by atoms with Crippen LogP contribution < -0.4 is 0 Å². The molecule has 0 radical (unpaired) electrons. The first-order valence-corrected chi connectivity index (χ1v) is 16.3. The van der Waals surface area contributed by atoms with Crippen molar-refractivity contribution in [3.05, 3.63) is 0 Å². The van der Waals surface area contributed by atoms with Crippen molar-refractivity contribution < 1.29 is 134 Å². The molecule has 0 aromatic rings. The van der Waals surface area contributed by atoms with Crippen molar-refractivity contribution in [2.45, 2.75) is 99.7 Å².